The maximum absolute atomic E-state index is 13.3. The van der Waals surface area contributed by atoms with Crippen molar-refractivity contribution in [1.82, 2.24) is 10.3 Å². The number of hydrogen-bond donors (Lipinski definition) is 1. The topological polar surface area (TPSA) is 158 Å². The molecule has 1 aliphatic heterocycles. The van der Waals surface area contributed by atoms with E-state index in [1.165, 1.54) is 26.4 Å². The van der Waals surface area contributed by atoms with Crippen molar-refractivity contribution in [3.63, 3.8) is 0 Å². The zero-order chi connectivity index (χ0) is 28.8. The average molecular weight is 545 g/mol. The van der Waals surface area contributed by atoms with E-state index < -0.39 is 34.3 Å². The van der Waals surface area contributed by atoms with Gasteiger partial charge >= 0.3 is 0 Å². The molecular formula is C28H24N4O8. The molecule has 0 radical (unpaired) electrons. The molecule has 0 aromatic heterocycles. The van der Waals surface area contributed by atoms with Crippen molar-refractivity contribution in [3.05, 3.63) is 99.6 Å². The minimum atomic E-state index is -1.65. The van der Waals surface area contributed by atoms with Gasteiger partial charge in [-0.1, -0.05) is 36.4 Å². The van der Waals surface area contributed by atoms with Crippen LogP contribution in [-0.4, -0.2) is 59.9 Å². The number of ether oxygens (including phenoxy) is 2. The maximum Gasteiger partial charge on any atom is 0.288 e. The summed E-state index contributed by atoms with van der Waals surface area (Å²) >= 11 is 0. The Labute approximate surface area is 228 Å². The molecule has 1 N–H and O–H groups in total. The van der Waals surface area contributed by atoms with Crippen LogP contribution in [0, 0.1) is 16.0 Å². The molecule has 0 bridgehead atoms. The molecule has 1 heterocycles. The van der Waals surface area contributed by atoms with Crippen molar-refractivity contribution in [2.24, 2.45) is 11.0 Å². The summed E-state index contributed by atoms with van der Waals surface area (Å²) in [4.78, 5) is 62.8. The number of methoxy groups -OCH3 is 2. The van der Waals surface area contributed by atoms with Gasteiger partial charge in [-0.3, -0.25) is 29.3 Å². The molecule has 1 aliphatic rings. The monoisotopic (exact) mass is 544 g/mol. The minimum absolute atomic E-state index is 0.0532. The van der Waals surface area contributed by atoms with Gasteiger partial charge in [-0.25, -0.2) is 0 Å². The molecule has 0 spiro atoms. The molecule has 1 atom stereocenters. The highest BCUT2D eigenvalue weighted by Gasteiger charge is 2.46. The SMILES string of the molecule is COc1ccc(CCNC(=O)C(=O)[C@@H]2C(=O)N(C(=O)c3ccc([N+](=O)[O-])cc3)N=C2c2ccccc2)cc1OC. The average Bonchev–Trinajstić information content (AvgIpc) is 3.33. The molecule has 12 heteroatoms. The maximum atomic E-state index is 13.3. The summed E-state index contributed by atoms with van der Waals surface area (Å²) in [5.41, 5.74) is 0.846. The van der Waals surface area contributed by atoms with Crippen LogP contribution in [0.2, 0.25) is 0 Å². The molecule has 3 aromatic rings. The smallest absolute Gasteiger partial charge is 0.288 e. The second kappa shape index (κ2) is 12.0. The van der Waals surface area contributed by atoms with Crippen LogP contribution in [0.5, 0.6) is 11.5 Å². The van der Waals surface area contributed by atoms with E-state index in [1.807, 2.05) is 0 Å². The van der Waals surface area contributed by atoms with E-state index in [0.717, 1.165) is 17.7 Å². The Hall–Kier alpha value is -5.39. The Kier molecular flexibility index (Phi) is 8.28. The number of Topliss-reactive ketones (excluding diaryl/α,β-unsaturated/α-hetero) is 1. The highest BCUT2D eigenvalue weighted by Crippen LogP contribution is 2.28. The number of nitrogens with zero attached hydrogens (tertiary/aromatic N) is 3. The van der Waals surface area contributed by atoms with E-state index in [4.69, 9.17) is 9.47 Å². The molecule has 204 valence electrons. The van der Waals surface area contributed by atoms with Crippen LogP contribution < -0.4 is 14.8 Å². The van der Waals surface area contributed by atoms with Crippen molar-refractivity contribution in [2.45, 2.75) is 6.42 Å². The third-order valence-corrected chi connectivity index (χ3v) is 6.16. The standard InChI is InChI=1S/C28H24N4O8/c1-39-21-13-8-17(16-22(21)40-2)14-15-29-26(34)25(33)23-24(18-6-4-3-5-7-18)30-31(28(23)36)27(35)19-9-11-20(12-10-19)32(37)38/h3-13,16,23H,14-15H2,1-2H3,(H,29,34)/t23-/m1/s1. The van der Waals surface area contributed by atoms with Gasteiger partial charge in [0.15, 0.2) is 17.4 Å². The Bertz CT molecular complexity index is 1500. The molecule has 3 aromatic carbocycles. The number of carbonyl (C=O) groups is 4. The Balaban J connectivity index is 1.52. The first kappa shape index (κ1) is 27.6. The fraction of sp³-hybridized carbons (Fsp3) is 0.179. The predicted octanol–water partition coefficient (Wildman–Crippen LogP) is 2.54. The van der Waals surface area contributed by atoms with Gasteiger partial charge in [0.1, 0.15) is 0 Å². The van der Waals surface area contributed by atoms with Crippen molar-refractivity contribution >= 4 is 34.9 Å². The number of nitro benzene ring substituents is 1. The van der Waals surface area contributed by atoms with Crippen LogP contribution in [0.3, 0.4) is 0 Å². The Morgan fingerprint density at radius 3 is 2.27 bits per heavy atom. The van der Waals surface area contributed by atoms with Crippen LogP contribution >= 0.6 is 0 Å². The van der Waals surface area contributed by atoms with Crippen molar-refractivity contribution < 1.29 is 33.6 Å². The normalized spacial score (nSPS) is 14.3. The first-order chi connectivity index (χ1) is 19.2. The van der Waals surface area contributed by atoms with Gasteiger partial charge in [0.2, 0.25) is 5.78 Å². The lowest BCUT2D eigenvalue weighted by Gasteiger charge is -2.13. The van der Waals surface area contributed by atoms with E-state index in [9.17, 15) is 29.3 Å². The number of carbonyl (C=O) groups excluding carboxylic acids is 4. The molecule has 0 saturated carbocycles. The molecule has 0 fully saturated rings. The summed E-state index contributed by atoms with van der Waals surface area (Å²) in [6.07, 6.45) is 0.363. The van der Waals surface area contributed by atoms with Crippen LogP contribution in [0.15, 0.2) is 77.9 Å². The number of nitrogens with one attached hydrogen (secondary N) is 1. The number of non-ortho nitro benzene ring substituents is 1. The number of hydrazone groups is 1. The van der Waals surface area contributed by atoms with Crippen molar-refractivity contribution in [2.75, 3.05) is 20.8 Å². The summed E-state index contributed by atoms with van der Waals surface area (Å²) in [5, 5.41) is 18.1. The second-order valence-corrected chi connectivity index (χ2v) is 8.60. The quantitative estimate of drug-likeness (QED) is 0.134. The summed E-state index contributed by atoms with van der Waals surface area (Å²) in [7, 11) is 3.02. The highest BCUT2D eigenvalue weighted by atomic mass is 16.6. The minimum Gasteiger partial charge on any atom is -0.493 e. The summed E-state index contributed by atoms with van der Waals surface area (Å²) in [6.45, 7) is 0.0875. The lowest BCUT2D eigenvalue weighted by molar-refractivity contribution is -0.384. The van der Waals surface area contributed by atoms with Crippen LogP contribution in [0.25, 0.3) is 0 Å². The zero-order valence-corrected chi connectivity index (χ0v) is 21.5. The highest BCUT2D eigenvalue weighted by molar-refractivity contribution is 6.48. The molecule has 12 nitrogen and oxygen atoms in total. The van der Waals surface area contributed by atoms with Crippen LogP contribution in [-0.2, 0) is 20.8 Å². The fourth-order valence-corrected chi connectivity index (χ4v) is 4.09. The van der Waals surface area contributed by atoms with E-state index in [0.29, 0.717) is 28.5 Å². The molecule has 0 aliphatic carbocycles. The summed E-state index contributed by atoms with van der Waals surface area (Å²) in [5.74, 6) is -4.55. The van der Waals surface area contributed by atoms with E-state index in [-0.39, 0.29) is 23.5 Å². The Morgan fingerprint density at radius 2 is 1.65 bits per heavy atom. The number of amides is 3. The zero-order valence-electron chi connectivity index (χ0n) is 21.5. The van der Waals surface area contributed by atoms with Gasteiger partial charge in [0, 0.05) is 24.2 Å². The van der Waals surface area contributed by atoms with E-state index >= 15 is 0 Å². The van der Waals surface area contributed by atoms with Crippen molar-refractivity contribution in [3.8, 4) is 11.5 Å². The van der Waals surface area contributed by atoms with Gasteiger partial charge in [-0.15, -0.1) is 0 Å². The van der Waals surface area contributed by atoms with Crippen molar-refractivity contribution in [1.29, 1.82) is 0 Å². The number of nitro groups is 1. The second-order valence-electron chi connectivity index (χ2n) is 8.60. The largest absolute Gasteiger partial charge is 0.493 e. The van der Waals surface area contributed by atoms with Crippen LogP contribution in [0.1, 0.15) is 21.5 Å². The van der Waals surface area contributed by atoms with Gasteiger partial charge in [-0.2, -0.15) is 10.1 Å². The molecule has 4 rings (SSSR count). The molecule has 0 unspecified atom stereocenters. The molecule has 0 saturated heterocycles. The number of benzene rings is 3. The Morgan fingerprint density at radius 1 is 0.975 bits per heavy atom. The van der Waals surface area contributed by atoms with Gasteiger partial charge in [0.05, 0.1) is 24.9 Å². The van der Waals surface area contributed by atoms with Crippen LogP contribution in [0.4, 0.5) is 5.69 Å². The third-order valence-electron chi connectivity index (χ3n) is 6.16. The van der Waals surface area contributed by atoms with Gasteiger partial charge in [-0.05, 0) is 41.8 Å². The molecule has 40 heavy (non-hydrogen) atoms. The van der Waals surface area contributed by atoms with Gasteiger partial charge in [0.25, 0.3) is 23.4 Å². The molecule has 3 amide bonds. The first-order valence-corrected chi connectivity index (χ1v) is 12.0. The van der Waals surface area contributed by atoms with Gasteiger partial charge < -0.3 is 14.8 Å². The fourth-order valence-electron chi connectivity index (χ4n) is 4.09. The number of rotatable bonds is 10. The summed E-state index contributed by atoms with van der Waals surface area (Å²) < 4.78 is 10.5. The number of ketones is 1. The number of imide groups is 1. The molecular weight excluding hydrogens is 520 g/mol. The number of hydrogen-bond acceptors (Lipinski definition) is 9. The summed E-state index contributed by atoms with van der Waals surface area (Å²) in [6, 6.07) is 18.1. The third kappa shape index (κ3) is 5.70. The van der Waals surface area contributed by atoms with E-state index in [2.05, 4.69) is 10.4 Å². The predicted molar refractivity (Wildman–Crippen MR) is 142 cm³/mol. The lowest BCUT2D eigenvalue weighted by atomic mass is 9.92. The lowest BCUT2D eigenvalue weighted by Crippen LogP contribution is -2.43. The van der Waals surface area contributed by atoms with E-state index in [1.54, 1.807) is 48.5 Å². The first-order valence-electron chi connectivity index (χ1n) is 12.0.